The van der Waals surface area contributed by atoms with E-state index in [0.717, 1.165) is 103 Å². The molecule has 0 aliphatic carbocycles. The molecular formula is C46H82O8. The van der Waals surface area contributed by atoms with Crippen molar-refractivity contribution in [2.75, 3.05) is 13.2 Å². The summed E-state index contributed by atoms with van der Waals surface area (Å²) in [5.74, 6) is 6.20. The Morgan fingerprint density at radius 1 is 0.370 bits per heavy atom. The maximum Gasteiger partial charge on any atom is 0.366 e. The zero-order valence-corrected chi connectivity index (χ0v) is 34.9. The van der Waals surface area contributed by atoms with E-state index in [-0.39, 0.29) is 26.1 Å². The smallest absolute Gasteiger partial charge is 0.366 e. The summed E-state index contributed by atoms with van der Waals surface area (Å²) in [5, 5.41) is 40.5. The van der Waals surface area contributed by atoms with E-state index in [1.807, 2.05) is 0 Å². The minimum Gasteiger partial charge on any atom is -0.462 e. The predicted octanol–water partition coefficient (Wildman–Crippen LogP) is 10.7. The van der Waals surface area contributed by atoms with E-state index in [1.54, 1.807) is 0 Å². The van der Waals surface area contributed by atoms with Crippen molar-refractivity contribution in [1.29, 1.82) is 0 Å². The average molecular weight is 763 g/mol. The third-order valence-electron chi connectivity index (χ3n) is 9.87. The number of ether oxygens (including phenoxy) is 2. The molecule has 0 aromatic rings. The number of rotatable bonds is 37. The van der Waals surface area contributed by atoms with Gasteiger partial charge in [0.2, 0.25) is 0 Å². The van der Waals surface area contributed by atoms with Crippen molar-refractivity contribution in [2.45, 2.75) is 244 Å². The molecule has 0 saturated carbocycles. The summed E-state index contributed by atoms with van der Waals surface area (Å²) in [4.78, 5) is 24.3. The van der Waals surface area contributed by atoms with Gasteiger partial charge in [-0.3, -0.25) is 0 Å². The Bertz CT molecular complexity index is 920. The summed E-state index contributed by atoms with van der Waals surface area (Å²) in [6.07, 6.45) is 32.8. The normalized spacial score (nSPS) is 11.4. The minimum absolute atomic E-state index is 0.0220. The van der Waals surface area contributed by atoms with Gasteiger partial charge < -0.3 is 29.9 Å². The minimum atomic E-state index is -2.43. The molecule has 8 heteroatoms. The predicted molar refractivity (Wildman–Crippen MR) is 220 cm³/mol. The number of unbranched alkanes of at least 4 members (excludes halogenated alkanes) is 27. The Morgan fingerprint density at radius 2 is 0.611 bits per heavy atom. The standard InChI is InChI=1S/C46H82O8/c1-3-5-7-9-11-13-15-17-19-21-23-27-31-35-39-45(49,50)43(47)53-41-37-33-29-25-26-30-34-38-42-54-44(48)46(51,52)40-36-32-28-24-22-20-18-16-14-12-10-8-6-4-2/h49-52H,3-16,21-42H2,1-2H3. The highest BCUT2D eigenvalue weighted by atomic mass is 16.6. The molecule has 0 aliphatic heterocycles. The molecule has 54 heavy (non-hydrogen) atoms. The Kier molecular flexibility index (Phi) is 36.3. The van der Waals surface area contributed by atoms with Crippen LogP contribution in [0.4, 0.5) is 0 Å². The summed E-state index contributed by atoms with van der Waals surface area (Å²) in [7, 11) is 0. The molecule has 0 amide bonds. The molecular weight excluding hydrogens is 680 g/mol. The number of hydrogen-bond donors (Lipinski definition) is 4. The number of esters is 2. The van der Waals surface area contributed by atoms with Gasteiger partial charge in [-0.15, -0.1) is 23.7 Å². The number of aliphatic hydroxyl groups is 4. The van der Waals surface area contributed by atoms with E-state index >= 15 is 0 Å². The number of carbonyl (C=O) groups is 2. The first kappa shape index (κ1) is 51.9. The molecule has 0 heterocycles. The van der Waals surface area contributed by atoms with Crippen LogP contribution in [0.2, 0.25) is 0 Å². The van der Waals surface area contributed by atoms with E-state index in [0.29, 0.717) is 25.7 Å². The van der Waals surface area contributed by atoms with Crippen molar-refractivity contribution in [2.24, 2.45) is 0 Å². The van der Waals surface area contributed by atoms with Gasteiger partial charge in [-0.25, -0.2) is 9.59 Å². The van der Waals surface area contributed by atoms with Gasteiger partial charge in [0.25, 0.3) is 11.6 Å². The average Bonchev–Trinajstić information content (AvgIpc) is 3.15. The van der Waals surface area contributed by atoms with E-state index in [4.69, 9.17) is 9.47 Å². The molecule has 0 aromatic heterocycles. The van der Waals surface area contributed by atoms with Gasteiger partial charge in [0.15, 0.2) is 0 Å². The van der Waals surface area contributed by atoms with Crippen molar-refractivity contribution >= 4 is 11.9 Å². The first-order valence-corrected chi connectivity index (χ1v) is 22.3. The zero-order chi connectivity index (χ0) is 39.9. The monoisotopic (exact) mass is 763 g/mol. The lowest BCUT2D eigenvalue weighted by molar-refractivity contribution is -0.212. The number of carbonyl (C=O) groups excluding carboxylic acids is 2. The SMILES string of the molecule is CCCCCCCCC#CCCCCCCC(O)(O)C(=O)OCCCCCCCCCCOC(=O)C(O)(O)CCCCCCC#CCCCCCCCC. The fourth-order valence-corrected chi connectivity index (χ4v) is 6.25. The third kappa shape index (κ3) is 34.4. The first-order chi connectivity index (χ1) is 26.2. The molecule has 0 atom stereocenters. The second kappa shape index (κ2) is 37.8. The summed E-state index contributed by atoms with van der Waals surface area (Å²) in [6, 6.07) is 0. The lowest BCUT2D eigenvalue weighted by Gasteiger charge is -2.19. The quantitative estimate of drug-likeness (QED) is 0.0213. The van der Waals surface area contributed by atoms with Gasteiger partial charge in [0.1, 0.15) is 0 Å². The lowest BCUT2D eigenvalue weighted by Crippen LogP contribution is -2.40. The second-order valence-electron chi connectivity index (χ2n) is 15.3. The Labute approximate surface area is 331 Å². The fourth-order valence-electron chi connectivity index (χ4n) is 6.25. The highest BCUT2D eigenvalue weighted by Gasteiger charge is 2.35. The Balaban J connectivity index is 3.65. The van der Waals surface area contributed by atoms with Gasteiger partial charge in [-0.1, -0.05) is 142 Å². The number of hydrogen-bond acceptors (Lipinski definition) is 8. The molecule has 0 aromatic carbocycles. The van der Waals surface area contributed by atoms with Crippen LogP contribution in [0.3, 0.4) is 0 Å². The molecule has 0 saturated heterocycles. The van der Waals surface area contributed by atoms with Gasteiger partial charge in [-0.05, 0) is 51.4 Å². The first-order valence-electron chi connectivity index (χ1n) is 22.3. The molecule has 4 N–H and O–H groups in total. The van der Waals surface area contributed by atoms with Crippen LogP contribution in [0, 0.1) is 23.7 Å². The second-order valence-corrected chi connectivity index (χ2v) is 15.3. The van der Waals surface area contributed by atoms with Crippen LogP contribution in [-0.2, 0) is 19.1 Å². The summed E-state index contributed by atoms with van der Waals surface area (Å²) in [6.45, 7) is 4.81. The molecule has 0 bridgehead atoms. The highest BCUT2D eigenvalue weighted by Crippen LogP contribution is 2.18. The summed E-state index contributed by atoms with van der Waals surface area (Å²) < 4.78 is 10.2. The maximum absolute atomic E-state index is 12.1. The molecule has 0 radical (unpaired) electrons. The molecule has 0 unspecified atom stereocenters. The van der Waals surface area contributed by atoms with E-state index < -0.39 is 23.5 Å². The van der Waals surface area contributed by atoms with Crippen molar-refractivity contribution in [1.82, 2.24) is 0 Å². The zero-order valence-electron chi connectivity index (χ0n) is 34.9. The van der Waals surface area contributed by atoms with Crippen molar-refractivity contribution < 1.29 is 39.5 Å². The van der Waals surface area contributed by atoms with Gasteiger partial charge in [0, 0.05) is 38.5 Å². The van der Waals surface area contributed by atoms with Crippen LogP contribution >= 0.6 is 0 Å². The van der Waals surface area contributed by atoms with Crippen LogP contribution in [-0.4, -0.2) is 57.2 Å². The van der Waals surface area contributed by atoms with Crippen molar-refractivity contribution in [3.05, 3.63) is 0 Å². The topological polar surface area (TPSA) is 134 Å². The fraction of sp³-hybridized carbons (Fsp3) is 0.870. The highest BCUT2D eigenvalue weighted by molar-refractivity contribution is 5.77. The molecule has 0 spiro atoms. The molecule has 0 aliphatic rings. The summed E-state index contributed by atoms with van der Waals surface area (Å²) >= 11 is 0. The van der Waals surface area contributed by atoms with Crippen LogP contribution in [0.5, 0.6) is 0 Å². The van der Waals surface area contributed by atoms with Crippen molar-refractivity contribution in [3.8, 4) is 23.7 Å². The molecule has 0 rings (SSSR count). The van der Waals surface area contributed by atoms with Crippen LogP contribution in [0.25, 0.3) is 0 Å². The van der Waals surface area contributed by atoms with Crippen LogP contribution in [0.15, 0.2) is 0 Å². The summed E-state index contributed by atoms with van der Waals surface area (Å²) in [5.41, 5.74) is 0. The van der Waals surface area contributed by atoms with E-state index in [1.165, 1.54) is 77.0 Å². The largest absolute Gasteiger partial charge is 0.462 e. The van der Waals surface area contributed by atoms with Gasteiger partial charge >= 0.3 is 11.9 Å². The maximum atomic E-state index is 12.1. The van der Waals surface area contributed by atoms with Crippen LogP contribution in [0.1, 0.15) is 232 Å². The lowest BCUT2D eigenvalue weighted by atomic mass is 10.1. The van der Waals surface area contributed by atoms with Crippen LogP contribution < -0.4 is 0 Å². The third-order valence-corrected chi connectivity index (χ3v) is 9.87. The van der Waals surface area contributed by atoms with E-state index in [9.17, 15) is 30.0 Å². The van der Waals surface area contributed by atoms with E-state index in [2.05, 4.69) is 37.5 Å². The molecule has 8 nitrogen and oxygen atoms in total. The Hall–Kier alpha value is -2.10. The molecule has 314 valence electrons. The van der Waals surface area contributed by atoms with Gasteiger partial charge in [-0.2, -0.15) is 0 Å². The van der Waals surface area contributed by atoms with Crippen molar-refractivity contribution in [3.63, 3.8) is 0 Å². The Morgan fingerprint density at radius 3 is 0.907 bits per heavy atom. The molecule has 0 fully saturated rings. The van der Waals surface area contributed by atoms with Gasteiger partial charge in [0.05, 0.1) is 13.2 Å².